The first-order valence-electron chi connectivity index (χ1n) is 6.30. The fourth-order valence-corrected chi connectivity index (χ4v) is 1.88. The number of ether oxygens (including phenoxy) is 1. The average Bonchev–Trinajstić information content (AvgIpc) is 2.48. The Kier molecular flexibility index (Phi) is 4.63. The van der Waals surface area contributed by atoms with Crippen molar-refractivity contribution in [3.63, 3.8) is 0 Å². The number of amidine groups is 1. The molecule has 2 aromatic rings. The molecule has 0 spiro atoms. The zero-order valence-electron chi connectivity index (χ0n) is 11.3. The Hall–Kier alpha value is -2.73. The van der Waals surface area contributed by atoms with Gasteiger partial charge in [-0.3, -0.25) is 15.5 Å². The van der Waals surface area contributed by atoms with E-state index in [1.165, 1.54) is 12.1 Å². The van der Waals surface area contributed by atoms with Crippen LogP contribution in [0.15, 0.2) is 48.5 Å². The van der Waals surface area contributed by atoms with E-state index in [1.54, 1.807) is 24.3 Å². The maximum absolute atomic E-state index is 10.7. The highest BCUT2D eigenvalue weighted by atomic mass is 16.6. The second kappa shape index (κ2) is 6.62. The van der Waals surface area contributed by atoms with E-state index in [1.807, 2.05) is 12.1 Å². The normalized spacial score (nSPS) is 10.3. The van der Waals surface area contributed by atoms with E-state index in [0.29, 0.717) is 12.2 Å². The van der Waals surface area contributed by atoms with E-state index in [9.17, 15) is 10.1 Å². The van der Waals surface area contributed by atoms with Gasteiger partial charge in [-0.15, -0.1) is 0 Å². The lowest BCUT2D eigenvalue weighted by atomic mass is 10.1. The van der Waals surface area contributed by atoms with Crippen LogP contribution in [0.1, 0.15) is 16.7 Å². The van der Waals surface area contributed by atoms with Gasteiger partial charge in [0, 0.05) is 17.7 Å². The van der Waals surface area contributed by atoms with Crippen LogP contribution in [0.5, 0.6) is 0 Å². The van der Waals surface area contributed by atoms with Crippen molar-refractivity contribution in [3.8, 4) is 0 Å². The maximum Gasteiger partial charge on any atom is 0.269 e. The molecule has 0 heterocycles. The van der Waals surface area contributed by atoms with Gasteiger partial charge < -0.3 is 10.5 Å². The molecule has 0 aliphatic heterocycles. The fraction of sp³-hybridized carbons (Fsp3) is 0.133. The van der Waals surface area contributed by atoms with E-state index in [-0.39, 0.29) is 18.1 Å². The lowest BCUT2D eigenvalue weighted by molar-refractivity contribution is -0.384. The summed E-state index contributed by atoms with van der Waals surface area (Å²) in [7, 11) is 0. The Morgan fingerprint density at radius 3 is 2.38 bits per heavy atom. The highest BCUT2D eigenvalue weighted by Gasteiger charge is 2.05. The predicted molar refractivity (Wildman–Crippen MR) is 79.0 cm³/mol. The molecule has 0 amide bonds. The zero-order valence-corrected chi connectivity index (χ0v) is 11.3. The zero-order chi connectivity index (χ0) is 15.2. The number of hydrogen-bond acceptors (Lipinski definition) is 4. The minimum Gasteiger partial charge on any atom is -0.384 e. The largest absolute Gasteiger partial charge is 0.384 e. The number of hydrogen-bond donors (Lipinski definition) is 2. The number of non-ortho nitro benzene ring substituents is 1. The van der Waals surface area contributed by atoms with Gasteiger partial charge in [0.05, 0.1) is 18.1 Å². The summed E-state index contributed by atoms with van der Waals surface area (Å²) in [4.78, 5) is 10.3. The molecule has 108 valence electrons. The Balaban J connectivity index is 1.95. The Morgan fingerprint density at radius 2 is 1.76 bits per heavy atom. The molecule has 2 rings (SSSR count). The molecule has 6 heteroatoms. The molecule has 0 radical (unpaired) electrons. The highest BCUT2D eigenvalue weighted by molar-refractivity contribution is 5.95. The first kappa shape index (κ1) is 14.7. The van der Waals surface area contributed by atoms with Crippen LogP contribution >= 0.6 is 0 Å². The van der Waals surface area contributed by atoms with E-state index < -0.39 is 4.92 Å². The number of nitrogens with one attached hydrogen (secondary N) is 1. The van der Waals surface area contributed by atoms with Crippen LogP contribution in [-0.2, 0) is 18.0 Å². The van der Waals surface area contributed by atoms with E-state index in [4.69, 9.17) is 15.9 Å². The first-order chi connectivity index (χ1) is 10.1. The van der Waals surface area contributed by atoms with Crippen molar-refractivity contribution in [1.29, 1.82) is 5.41 Å². The van der Waals surface area contributed by atoms with Gasteiger partial charge in [-0.25, -0.2) is 0 Å². The van der Waals surface area contributed by atoms with Crippen LogP contribution in [-0.4, -0.2) is 10.8 Å². The summed E-state index contributed by atoms with van der Waals surface area (Å²) in [5.74, 6) is 0.00975. The third kappa shape index (κ3) is 4.12. The standard InChI is InChI=1S/C15H15N3O3/c16-15(17)13-5-1-3-11(7-13)9-21-10-12-4-2-6-14(8-12)18(19)20/h1-8H,9-10H2,(H3,16,17). The van der Waals surface area contributed by atoms with Crippen LogP contribution in [0.25, 0.3) is 0 Å². The number of nitrogens with zero attached hydrogens (tertiary/aromatic N) is 1. The lowest BCUT2D eigenvalue weighted by Gasteiger charge is -2.06. The highest BCUT2D eigenvalue weighted by Crippen LogP contribution is 2.14. The van der Waals surface area contributed by atoms with Gasteiger partial charge in [0.25, 0.3) is 5.69 Å². The second-order valence-corrected chi connectivity index (χ2v) is 4.53. The molecule has 3 N–H and O–H groups in total. The number of nitrogens with two attached hydrogens (primary N) is 1. The third-order valence-corrected chi connectivity index (χ3v) is 2.90. The molecule has 0 fully saturated rings. The molecular formula is C15H15N3O3. The van der Waals surface area contributed by atoms with Crippen LogP contribution in [0.2, 0.25) is 0 Å². The van der Waals surface area contributed by atoms with E-state index in [2.05, 4.69) is 0 Å². The number of nitro groups is 1. The summed E-state index contributed by atoms with van der Waals surface area (Å²) in [5, 5.41) is 18.1. The van der Waals surface area contributed by atoms with E-state index >= 15 is 0 Å². The van der Waals surface area contributed by atoms with Gasteiger partial charge in [-0.05, 0) is 17.2 Å². The van der Waals surface area contributed by atoms with Gasteiger partial charge in [0.1, 0.15) is 5.84 Å². The van der Waals surface area contributed by atoms with Crippen molar-refractivity contribution in [2.75, 3.05) is 0 Å². The number of nitrogen functional groups attached to an aromatic ring is 1. The third-order valence-electron chi connectivity index (χ3n) is 2.90. The summed E-state index contributed by atoms with van der Waals surface area (Å²) >= 11 is 0. The molecular weight excluding hydrogens is 270 g/mol. The van der Waals surface area contributed by atoms with Crippen LogP contribution < -0.4 is 5.73 Å². The molecule has 21 heavy (non-hydrogen) atoms. The van der Waals surface area contributed by atoms with Crippen molar-refractivity contribution >= 4 is 11.5 Å². The van der Waals surface area contributed by atoms with Crippen molar-refractivity contribution in [2.45, 2.75) is 13.2 Å². The smallest absolute Gasteiger partial charge is 0.269 e. The fourth-order valence-electron chi connectivity index (χ4n) is 1.88. The molecule has 0 bridgehead atoms. The Bertz CT molecular complexity index is 613. The Labute approximate surface area is 121 Å². The van der Waals surface area contributed by atoms with Gasteiger partial charge in [-0.1, -0.05) is 30.3 Å². The molecule has 0 saturated carbocycles. The molecule has 0 saturated heterocycles. The summed E-state index contributed by atoms with van der Waals surface area (Å²) in [6, 6.07) is 13.6. The van der Waals surface area contributed by atoms with Gasteiger partial charge >= 0.3 is 0 Å². The van der Waals surface area contributed by atoms with Crippen molar-refractivity contribution < 1.29 is 9.66 Å². The maximum atomic E-state index is 10.7. The summed E-state index contributed by atoms with van der Waals surface area (Å²) in [5.41, 5.74) is 7.76. The van der Waals surface area contributed by atoms with Crippen LogP contribution in [0.3, 0.4) is 0 Å². The molecule has 0 aromatic heterocycles. The molecule has 0 unspecified atom stereocenters. The monoisotopic (exact) mass is 285 g/mol. The van der Waals surface area contributed by atoms with Crippen LogP contribution in [0, 0.1) is 15.5 Å². The quantitative estimate of drug-likeness (QED) is 0.368. The molecule has 0 atom stereocenters. The van der Waals surface area contributed by atoms with Crippen molar-refractivity contribution in [3.05, 3.63) is 75.3 Å². The van der Waals surface area contributed by atoms with Gasteiger partial charge in [0.2, 0.25) is 0 Å². The van der Waals surface area contributed by atoms with Crippen LogP contribution in [0.4, 0.5) is 5.69 Å². The van der Waals surface area contributed by atoms with E-state index in [0.717, 1.165) is 11.1 Å². The SMILES string of the molecule is N=C(N)c1cccc(COCc2cccc([N+](=O)[O-])c2)c1. The molecule has 2 aromatic carbocycles. The summed E-state index contributed by atoms with van der Waals surface area (Å²) in [6.07, 6.45) is 0. The predicted octanol–water partition coefficient (Wildman–Crippen LogP) is 2.60. The minimum absolute atomic E-state index is 0.00975. The average molecular weight is 285 g/mol. The number of rotatable bonds is 6. The number of benzene rings is 2. The summed E-state index contributed by atoms with van der Waals surface area (Å²) in [6.45, 7) is 0.635. The Morgan fingerprint density at radius 1 is 1.14 bits per heavy atom. The van der Waals surface area contributed by atoms with Gasteiger partial charge in [-0.2, -0.15) is 0 Å². The van der Waals surface area contributed by atoms with Crippen molar-refractivity contribution in [1.82, 2.24) is 0 Å². The molecule has 0 aliphatic rings. The molecule has 6 nitrogen and oxygen atoms in total. The van der Waals surface area contributed by atoms with Gasteiger partial charge in [0.15, 0.2) is 0 Å². The lowest BCUT2D eigenvalue weighted by Crippen LogP contribution is -2.11. The topological polar surface area (TPSA) is 102 Å². The first-order valence-corrected chi connectivity index (χ1v) is 6.30. The summed E-state index contributed by atoms with van der Waals surface area (Å²) < 4.78 is 5.54. The van der Waals surface area contributed by atoms with Crippen molar-refractivity contribution in [2.24, 2.45) is 5.73 Å². The molecule has 0 aliphatic carbocycles. The minimum atomic E-state index is -0.431. The second-order valence-electron chi connectivity index (χ2n) is 4.53. The number of nitro benzene ring substituents is 1.